The van der Waals surface area contributed by atoms with Crippen molar-refractivity contribution in [3.05, 3.63) is 144 Å². The lowest BCUT2D eigenvalue weighted by atomic mass is 10.0. The van der Waals surface area contributed by atoms with Crippen LogP contribution in [0.15, 0.2) is 133 Å². The van der Waals surface area contributed by atoms with E-state index in [0.717, 1.165) is 11.1 Å². The summed E-state index contributed by atoms with van der Waals surface area (Å²) in [5, 5.41) is 34.2. The zero-order valence-corrected chi connectivity index (χ0v) is 25.1. The molecule has 4 aromatic carbocycles. The molecule has 0 bridgehead atoms. The van der Waals surface area contributed by atoms with Gasteiger partial charge in [-0.25, -0.2) is 0 Å². The van der Waals surface area contributed by atoms with Crippen LogP contribution in [-0.4, -0.2) is 30.2 Å². The van der Waals surface area contributed by atoms with Gasteiger partial charge in [0.25, 0.3) is 8.32 Å². The van der Waals surface area contributed by atoms with Gasteiger partial charge in [0.2, 0.25) is 0 Å². The number of phenolic OH excluding ortho intramolecular Hbond substituents is 1. The number of hydrogen-bond acceptors (Lipinski definition) is 4. The minimum absolute atomic E-state index is 0.0621. The largest absolute Gasteiger partial charge is 0.508 e. The molecular formula is C36H40O4Si. The standard InChI is InChI=1S/C36H40O4Si/c1-36(2,3)41(30-19-9-5-10-20-30,31-21-11-6-12-22-31)40-27-28(26-35(39)29-17-7-4-8-18-29)16-15-25-34(38)32-23-13-14-24-33(32)37/h4-15,17-24,34-35,37-39H,25-27H2,1-3H3/t16?,34-,35-/m1/s1. The van der Waals surface area contributed by atoms with Crippen molar-refractivity contribution in [1.29, 1.82) is 0 Å². The minimum Gasteiger partial charge on any atom is -0.508 e. The van der Waals surface area contributed by atoms with Crippen molar-refractivity contribution in [3.8, 4) is 5.75 Å². The van der Waals surface area contributed by atoms with Gasteiger partial charge in [-0.2, -0.15) is 0 Å². The van der Waals surface area contributed by atoms with E-state index in [1.54, 1.807) is 30.3 Å². The molecule has 0 aliphatic heterocycles. The van der Waals surface area contributed by atoms with Crippen LogP contribution in [-0.2, 0) is 4.43 Å². The number of hydrogen-bond donors (Lipinski definition) is 3. The first kappa shape index (κ1) is 30.3. The third-order valence-corrected chi connectivity index (χ3v) is 12.4. The molecule has 4 nitrogen and oxygen atoms in total. The quantitative estimate of drug-likeness (QED) is 0.142. The first-order valence-corrected chi connectivity index (χ1v) is 16.0. The highest BCUT2D eigenvalue weighted by Gasteiger charge is 2.50. The molecule has 3 N–H and O–H groups in total. The SMILES string of the molecule is CC(C)(C)[Si](OCC(=C=CC[C@@H](O)c1ccccc1O)C[C@@H](O)c1ccccc1)(c1ccccc1)c1ccccc1. The number of aliphatic hydroxyl groups is 2. The van der Waals surface area contributed by atoms with E-state index >= 15 is 0 Å². The van der Waals surface area contributed by atoms with Gasteiger partial charge in [-0.05, 0) is 38.7 Å². The third-order valence-electron chi connectivity index (χ3n) is 7.45. The average Bonchev–Trinajstić information content (AvgIpc) is 2.98. The average molecular weight is 565 g/mol. The molecule has 0 saturated carbocycles. The first-order valence-electron chi connectivity index (χ1n) is 14.1. The molecule has 2 atom stereocenters. The first-order chi connectivity index (χ1) is 19.7. The maximum absolute atomic E-state index is 11.1. The van der Waals surface area contributed by atoms with Gasteiger partial charge >= 0.3 is 0 Å². The molecule has 0 heterocycles. The van der Waals surface area contributed by atoms with Gasteiger partial charge in [0.15, 0.2) is 0 Å². The van der Waals surface area contributed by atoms with Crippen molar-refractivity contribution in [2.75, 3.05) is 6.61 Å². The molecule has 0 aliphatic carbocycles. The summed E-state index contributed by atoms with van der Waals surface area (Å²) in [4.78, 5) is 0. The predicted molar refractivity (Wildman–Crippen MR) is 169 cm³/mol. The highest BCUT2D eigenvalue weighted by atomic mass is 28.4. The number of rotatable bonds is 11. The fraction of sp³-hybridized carbons (Fsp3) is 0.250. The summed E-state index contributed by atoms with van der Waals surface area (Å²) in [7, 11) is -2.80. The smallest absolute Gasteiger partial charge is 0.261 e. The topological polar surface area (TPSA) is 69.9 Å². The Morgan fingerprint density at radius 3 is 1.80 bits per heavy atom. The second-order valence-corrected chi connectivity index (χ2v) is 15.7. The summed E-state index contributed by atoms with van der Waals surface area (Å²) >= 11 is 0. The van der Waals surface area contributed by atoms with E-state index in [4.69, 9.17) is 4.43 Å². The van der Waals surface area contributed by atoms with Gasteiger partial charge in [-0.15, -0.1) is 5.73 Å². The van der Waals surface area contributed by atoms with Crippen LogP contribution >= 0.6 is 0 Å². The number of benzene rings is 4. The van der Waals surface area contributed by atoms with E-state index in [9.17, 15) is 15.3 Å². The molecule has 212 valence electrons. The van der Waals surface area contributed by atoms with E-state index < -0.39 is 20.5 Å². The van der Waals surface area contributed by atoms with Crippen molar-refractivity contribution in [1.82, 2.24) is 0 Å². The zero-order valence-electron chi connectivity index (χ0n) is 24.1. The minimum atomic E-state index is -2.80. The van der Waals surface area contributed by atoms with E-state index in [0.29, 0.717) is 12.0 Å². The Balaban J connectivity index is 1.71. The molecule has 4 aromatic rings. The van der Waals surface area contributed by atoms with Gasteiger partial charge in [0, 0.05) is 18.4 Å². The highest BCUT2D eigenvalue weighted by molar-refractivity contribution is 6.99. The number of para-hydroxylation sites is 1. The molecule has 4 rings (SSSR count). The maximum atomic E-state index is 11.1. The summed E-state index contributed by atoms with van der Waals surface area (Å²) in [5.41, 5.74) is 5.46. The monoisotopic (exact) mass is 564 g/mol. The van der Waals surface area contributed by atoms with E-state index in [1.165, 1.54) is 10.4 Å². The Bertz CT molecular complexity index is 1400. The van der Waals surface area contributed by atoms with E-state index in [-0.39, 0.29) is 23.8 Å². The Kier molecular flexibility index (Phi) is 10.2. The van der Waals surface area contributed by atoms with Crippen LogP contribution in [0, 0.1) is 0 Å². The Hall–Kier alpha value is -3.70. The van der Waals surface area contributed by atoms with Gasteiger partial charge in [0.05, 0.1) is 18.8 Å². The summed E-state index contributed by atoms with van der Waals surface area (Å²) in [6.07, 6.45) is 0.783. The summed E-state index contributed by atoms with van der Waals surface area (Å²) < 4.78 is 7.13. The molecule has 0 unspecified atom stereocenters. The van der Waals surface area contributed by atoms with Gasteiger partial charge in [-0.1, -0.05) is 130 Å². The van der Waals surface area contributed by atoms with Crippen LogP contribution < -0.4 is 10.4 Å². The second kappa shape index (κ2) is 13.8. The predicted octanol–water partition coefficient (Wildman–Crippen LogP) is 6.60. The summed E-state index contributed by atoms with van der Waals surface area (Å²) in [5.74, 6) is 0.0621. The van der Waals surface area contributed by atoms with Gasteiger partial charge in [0.1, 0.15) is 5.75 Å². The lowest BCUT2D eigenvalue weighted by Gasteiger charge is -2.43. The molecule has 0 aromatic heterocycles. The van der Waals surface area contributed by atoms with Crippen molar-refractivity contribution < 1.29 is 19.7 Å². The molecule has 0 aliphatic rings. The molecule has 5 heteroatoms. The van der Waals surface area contributed by atoms with Crippen molar-refractivity contribution >= 4 is 18.7 Å². The van der Waals surface area contributed by atoms with Crippen molar-refractivity contribution in [2.24, 2.45) is 0 Å². The molecule has 0 saturated heterocycles. The highest BCUT2D eigenvalue weighted by Crippen LogP contribution is 2.37. The molecular weight excluding hydrogens is 524 g/mol. The molecule has 0 amide bonds. The lowest BCUT2D eigenvalue weighted by Crippen LogP contribution is -2.66. The van der Waals surface area contributed by atoms with Crippen molar-refractivity contribution in [2.45, 2.75) is 50.9 Å². The Labute approximate surface area is 245 Å². The Morgan fingerprint density at radius 2 is 1.27 bits per heavy atom. The fourth-order valence-electron chi connectivity index (χ4n) is 5.35. The summed E-state index contributed by atoms with van der Waals surface area (Å²) in [6, 6.07) is 37.3. The fourth-order valence-corrected chi connectivity index (χ4v) is 9.90. The zero-order chi connectivity index (χ0) is 29.3. The number of aliphatic hydroxyl groups excluding tert-OH is 2. The second-order valence-electron chi connectivity index (χ2n) is 11.3. The summed E-state index contributed by atoms with van der Waals surface area (Å²) in [6.45, 7) is 6.99. The van der Waals surface area contributed by atoms with Crippen LogP contribution in [0.25, 0.3) is 0 Å². The Morgan fingerprint density at radius 1 is 0.756 bits per heavy atom. The third kappa shape index (κ3) is 7.33. The van der Waals surface area contributed by atoms with Crippen molar-refractivity contribution in [3.63, 3.8) is 0 Å². The lowest BCUT2D eigenvalue weighted by molar-refractivity contribution is 0.172. The van der Waals surface area contributed by atoms with Gasteiger partial charge < -0.3 is 19.7 Å². The van der Waals surface area contributed by atoms with Crippen LogP contribution in [0.3, 0.4) is 0 Å². The number of aromatic hydroxyl groups is 1. The molecule has 0 fully saturated rings. The van der Waals surface area contributed by atoms with Gasteiger partial charge in [-0.3, -0.25) is 0 Å². The van der Waals surface area contributed by atoms with Crippen LogP contribution in [0.4, 0.5) is 0 Å². The normalized spacial score (nSPS) is 13.2. The number of phenols is 1. The van der Waals surface area contributed by atoms with E-state index in [2.05, 4.69) is 75.0 Å². The van der Waals surface area contributed by atoms with Crippen LogP contribution in [0.1, 0.15) is 56.9 Å². The molecule has 41 heavy (non-hydrogen) atoms. The van der Waals surface area contributed by atoms with Crippen LogP contribution in [0.5, 0.6) is 5.75 Å². The van der Waals surface area contributed by atoms with Crippen LogP contribution in [0.2, 0.25) is 5.04 Å². The van der Waals surface area contributed by atoms with E-state index in [1.807, 2.05) is 42.5 Å². The maximum Gasteiger partial charge on any atom is 0.261 e. The molecule has 0 radical (unpaired) electrons. The molecule has 0 spiro atoms.